The van der Waals surface area contributed by atoms with Crippen LogP contribution in [-0.2, 0) is 0 Å². The van der Waals surface area contributed by atoms with Crippen molar-refractivity contribution >= 4 is 22.7 Å². The van der Waals surface area contributed by atoms with Crippen molar-refractivity contribution < 1.29 is 14.6 Å². The van der Waals surface area contributed by atoms with Crippen molar-refractivity contribution in [3.05, 3.63) is 56.6 Å². The van der Waals surface area contributed by atoms with Crippen LogP contribution in [0.1, 0.15) is 0 Å². The van der Waals surface area contributed by atoms with Gasteiger partial charge in [-0.25, -0.2) is 0 Å². The molecule has 0 bridgehead atoms. The Morgan fingerprint density at radius 1 is 1.00 bits per heavy atom. The minimum absolute atomic E-state index is 0.0468. The molecule has 20 heavy (non-hydrogen) atoms. The lowest BCUT2D eigenvalue weighted by molar-refractivity contribution is -0.386. The molecule has 100 valence electrons. The number of rotatable bonds is 2. The Bertz CT molecular complexity index is 744. The highest BCUT2D eigenvalue weighted by Crippen LogP contribution is 2.47. The number of nitrogens with one attached hydrogen (secondary N) is 1. The van der Waals surface area contributed by atoms with Gasteiger partial charge in [-0.05, 0) is 12.1 Å². The zero-order valence-corrected chi connectivity index (χ0v) is 9.90. The second-order valence-corrected chi connectivity index (χ2v) is 4.08. The molecule has 2 aromatic rings. The number of anilines is 2. The molecule has 8 nitrogen and oxygen atoms in total. The zero-order valence-electron chi connectivity index (χ0n) is 9.90. The minimum atomic E-state index is -0.567. The molecule has 0 fully saturated rings. The molecule has 0 saturated carbocycles. The van der Waals surface area contributed by atoms with Crippen molar-refractivity contribution in [3.63, 3.8) is 0 Å². The summed E-state index contributed by atoms with van der Waals surface area (Å²) in [7, 11) is 0. The summed E-state index contributed by atoms with van der Waals surface area (Å²) in [5, 5.41) is 24.6. The third-order valence-electron chi connectivity index (χ3n) is 2.85. The summed E-state index contributed by atoms with van der Waals surface area (Å²) in [6.07, 6.45) is 0. The van der Waals surface area contributed by atoms with Gasteiger partial charge in [-0.2, -0.15) is 0 Å². The molecule has 0 aliphatic carbocycles. The molecule has 0 radical (unpaired) electrons. The monoisotopic (exact) mass is 273 g/mol. The molecule has 0 unspecified atom stereocenters. The van der Waals surface area contributed by atoms with Crippen LogP contribution in [0.2, 0.25) is 0 Å². The van der Waals surface area contributed by atoms with E-state index in [4.69, 9.17) is 4.74 Å². The van der Waals surface area contributed by atoms with Gasteiger partial charge >= 0.3 is 5.69 Å². The van der Waals surface area contributed by atoms with Crippen molar-refractivity contribution in [2.24, 2.45) is 0 Å². The van der Waals surface area contributed by atoms with Gasteiger partial charge < -0.3 is 10.1 Å². The first kappa shape index (κ1) is 11.9. The van der Waals surface area contributed by atoms with Crippen LogP contribution in [0.4, 0.5) is 22.7 Å². The third-order valence-corrected chi connectivity index (χ3v) is 2.85. The van der Waals surface area contributed by atoms with Crippen LogP contribution < -0.4 is 10.1 Å². The van der Waals surface area contributed by atoms with Gasteiger partial charge in [0.1, 0.15) is 0 Å². The Kier molecular flexibility index (Phi) is 2.50. The fourth-order valence-electron chi connectivity index (χ4n) is 1.94. The maximum atomic E-state index is 10.9. The predicted molar refractivity (Wildman–Crippen MR) is 69.5 cm³/mol. The summed E-state index contributed by atoms with van der Waals surface area (Å²) in [6.45, 7) is 0. The summed E-state index contributed by atoms with van der Waals surface area (Å²) in [4.78, 5) is 20.6. The zero-order chi connectivity index (χ0) is 14.3. The number of hydrogen-bond donors (Lipinski definition) is 1. The number of para-hydroxylation sites is 1. The van der Waals surface area contributed by atoms with Crippen molar-refractivity contribution in [1.82, 2.24) is 0 Å². The second-order valence-electron chi connectivity index (χ2n) is 4.08. The molecule has 0 aromatic heterocycles. The van der Waals surface area contributed by atoms with Crippen LogP contribution in [0.5, 0.6) is 11.5 Å². The van der Waals surface area contributed by atoms with Gasteiger partial charge in [0.15, 0.2) is 5.75 Å². The Hall–Kier alpha value is -3.16. The molecule has 2 aromatic carbocycles. The maximum absolute atomic E-state index is 10.9. The molecular formula is C12H7N3O5. The number of non-ortho nitro benzene ring substituents is 1. The van der Waals surface area contributed by atoms with Gasteiger partial charge in [-0.3, -0.25) is 20.2 Å². The number of nitrogens with zero attached hydrogens (tertiary/aromatic N) is 2. The largest absolute Gasteiger partial charge is 0.445 e. The average molecular weight is 273 g/mol. The summed E-state index contributed by atoms with van der Waals surface area (Å²) in [5.74, 6) is 0.228. The fraction of sp³-hybridized carbons (Fsp3) is 0. The summed E-state index contributed by atoms with van der Waals surface area (Å²) < 4.78 is 5.45. The highest BCUT2D eigenvalue weighted by Gasteiger charge is 2.26. The Morgan fingerprint density at radius 2 is 1.80 bits per heavy atom. The summed E-state index contributed by atoms with van der Waals surface area (Å²) >= 11 is 0. The fourth-order valence-corrected chi connectivity index (χ4v) is 1.94. The first-order valence-electron chi connectivity index (χ1n) is 5.57. The van der Waals surface area contributed by atoms with E-state index in [9.17, 15) is 20.2 Å². The number of benzene rings is 2. The highest BCUT2D eigenvalue weighted by atomic mass is 16.6. The minimum Gasteiger partial charge on any atom is -0.445 e. The van der Waals surface area contributed by atoms with Crippen LogP contribution in [-0.4, -0.2) is 9.85 Å². The van der Waals surface area contributed by atoms with E-state index in [1.54, 1.807) is 6.07 Å². The maximum Gasteiger partial charge on any atom is 0.313 e. The number of nitro groups is 2. The molecule has 0 spiro atoms. The normalized spacial score (nSPS) is 11.6. The first-order valence-corrected chi connectivity index (χ1v) is 5.57. The van der Waals surface area contributed by atoms with Gasteiger partial charge in [0, 0.05) is 12.1 Å². The topological polar surface area (TPSA) is 108 Å². The van der Waals surface area contributed by atoms with Gasteiger partial charge in [-0.1, -0.05) is 6.07 Å². The van der Waals surface area contributed by atoms with Crippen LogP contribution in [0, 0.1) is 20.2 Å². The van der Waals surface area contributed by atoms with E-state index in [-0.39, 0.29) is 22.9 Å². The van der Waals surface area contributed by atoms with Crippen molar-refractivity contribution in [1.29, 1.82) is 0 Å². The smallest absolute Gasteiger partial charge is 0.313 e. The average Bonchev–Trinajstić information content (AvgIpc) is 2.43. The van der Waals surface area contributed by atoms with E-state index in [1.165, 1.54) is 30.3 Å². The van der Waals surface area contributed by atoms with Gasteiger partial charge in [-0.15, -0.1) is 0 Å². The number of fused-ring (bicyclic) bond motifs is 2. The van der Waals surface area contributed by atoms with Crippen molar-refractivity contribution in [2.75, 3.05) is 5.32 Å². The van der Waals surface area contributed by atoms with E-state index in [2.05, 4.69) is 5.32 Å². The van der Waals surface area contributed by atoms with Crippen molar-refractivity contribution in [3.8, 4) is 11.5 Å². The number of nitro benzene ring substituents is 2. The van der Waals surface area contributed by atoms with E-state index in [1.807, 2.05) is 0 Å². The lowest BCUT2D eigenvalue weighted by Gasteiger charge is -2.20. The van der Waals surface area contributed by atoms with Gasteiger partial charge in [0.05, 0.1) is 27.3 Å². The third kappa shape index (κ3) is 1.79. The molecule has 1 heterocycles. The molecular weight excluding hydrogens is 266 g/mol. The first-order chi connectivity index (χ1) is 9.56. The van der Waals surface area contributed by atoms with Crippen LogP contribution >= 0.6 is 0 Å². The van der Waals surface area contributed by atoms with E-state index in [0.717, 1.165) is 0 Å². The quantitative estimate of drug-likeness (QED) is 0.566. The SMILES string of the molecule is O=[N+]([O-])c1ccc2c(c1)Oc1c(cccc1[N+](=O)[O-])N2. The molecule has 1 N–H and O–H groups in total. The van der Waals surface area contributed by atoms with E-state index >= 15 is 0 Å². The Balaban J connectivity index is 2.10. The van der Waals surface area contributed by atoms with Gasteiger partial charge in [0.25, 0.3) is 5.69 Å². The van der Waals surface area contributed by atoms with E-state index < -0.39 is 9.85 Å². The standard InChI is InChI=1S/C12H7N3O5/c16-14(17)7-4-5-8-11(6-7)20-12-9(13-8)2-1-3-10(12)15(18)19/h1-6,13H. The molecule has 3 rings (SSSR count). The Labute approximate surface area is 111 Å². The van der Waals surface area contributed by atoms with Crippen LogP contribution in [0.25, 0.3) is 0 Å². The molecule has 0 atom stereocenters. The highest BCUT2D eigenvalue weighted by molar-refractivity contribution is 5.80. The number of hydrogen-bond acceptors (Lipinski definition) is 6. The summed E-state index contributed by atoms with van der Waals surface area (Å²) in [6, 6.07) is 8.52. The Morgan fingerprint density at radius 3 is 2.50 bits per heavy atom. The lowest BCUT2D eigenvalue weighted by atomic mass is 10.2. The lowest BCUT2D eigenvalue weighted by Crippen LogP contribution is -2.05. The van der Waals surface area contributed by atoms with E-state index in [0.29, 0.717) is 11.4 Å². The van der Waals surface area contributed by atoms with Gasteiger partial charge in [0.2, 0.25) is 5.75 Å². The van der Waals surface area contributed by atoms with Crippen LogP contribution in [0.3, 0.4) is 0 Å². The molecule has 0 amide bonds. The molecule has 0 saturated heterocycles. The molecule has 8 heteroatoms. The van der Waals surface area contributed by atoms with Crippen LogP contribution in [0.15, 0.2) is 36.4 Å². The molecule has 1 aliphatic heterocycles. The summed E-state index contributed by atoms with van der Waals surface area (Å²) in [5.41, 5.74) is 0.615. The number of ether oxygens (including phenoxy) is 1. The van der Waals surface area contributed by atoms with Crippen molar-refractivity contribution in [2.45, 2.75) is 0 Å². The molecule has 1 aliphatic rings. The second kappa shape index (κ2) is 4.19. The predicted octanol–water partition coefficient (Wildman–Crippen LogP) is 3.35.